The van der Waals surface area contributed by atoms with E-state index in [-0.39, 0.29) is 11.5 Å². The Hall–Kier alpha value is -2.63. The molecular weight excluding hydrogens is 330 g/mol. The zero-order valence-corrected chi connectivity index (χ0v) is 14.7. The predicted molar refractivity (Wildman–Crippen MR) is 97.7 cm³/mol. The number of aryl methyl sites for hydroxylation is 1. The molecule has 0 amide bonds. The number of morpholine rings is 1. The van der Waals surface area contributed by atoms with Gasteiger partial charge in [0, 0.05) is 10.9 Å². The average Bonchev–Trinajstić information content (AvgIpc) is 3.09. The van der Waals surface area contributed by atoms with Crippen molar-refractivity contribution in [1.29, 1.82) is 0 Å². The van der Waals surface area contributed by atoms with Crippen molar-refractivity contribution in [2.45, 2.75) is 13.5 Å². The molecule has 1 aromatic heterocycles. The Kier molecular flexibility index (Phi) is 4.49. The van der Waals surface area contributed by atoms with Crippen LogP contribution < -0.4 is 4.90 Å². The number of benzene rings is 2. The first-order valence-electron chi connectivity index (χ1n) is 8.88. The van der Waals surface area contributed by atoms with E-state index in [9.17, 15) is 9.90 Å². The van der Waals surface area contributed by atoms with Gasteiger partial charge in [-0.3, -0.25) is 4.79 Å². The molecule has 0 bridgehead atoms. The maximum atomic E-state index is 13.0. The van der Waals surface area contributed by atoms with Crippen molar-refractivity contribution >= 4 is 16.8 Å². The molecule has 1 fully saturated rings. The van der Waals surface area contributed by atoms with Crippen LogP contribution in [0.1, 0.15) is 27.0 Å². The standard InChI is InChI=1S/C21H21NO4/c1-14-2-4-15(5-3-14)21(24)17-13-26-19-7-6-18(23)16(20(17)19)12-22-8-10-25-11-9-22/h2-7,13,23H,8-12H2,1H3/p+1. The second kappa shape index (κ2) is 6.94. The highest BCUT2D eigenvalue weighted by Crippen LogP contribution is 2.32. The van der Waals surface area contributed by atoms with E-state index in [0.717, 1.165) is 29.6 Å². The number of furan rings is 1. The number of phenols is 1. The van der Waals surface area contributed by atoms with Gasteiger partial charge in [-0.15, -0.1) is 0 Å². The fourth-order valence-corrected chi connectivity index (χ4v) is 3.48. The number of fused-ring (bicyclic) bond motifs is 1. The van der Waals surface area contributed by atoms with Crippen LogP contribution >= 0.6 is 0 Å². The Labute approximate surface area is 151 Å². The minimum Gasteiger partial charge on any atom is -0.507 e. The van der Waals surface area contributed by atoms with E-state index in [1.165, 1.54) is 11.2 Å². The smallest absolute Gasteiger partial charge is 0.196 e. The molecule has 0 spiro atoms. The second-order valence-electron chi connectivity index (χ2n) is 6.82. The number of ketones is 1. The highest BCUT2D eigenvalue weighted by Gasteiger charge is 2.24. The zero-order chi connectivity index (χ0) is 18.1. The van der Waals surface area contributed by atoms with Crippen molar-refractivity contribution in [3.05, 3.63) is 64.9 Å². The number of phenolic OH excluding ortho intramolecular Hbond substituents is 1. The van der Waals surface area contributed by atoms with E-state index in [2.05, 4.69) is 0 Å². The molecule has 2 N–H and O–H groups in total. The van der Waals surface area contributed by atoms with E-state index in [0.29, 0.717) is 36.5 Å². The van der Waals surface area contributed by atoms with Gasteiger partial charge in [0.15, 0.2) is 5.78 Å². The molecule has 3 aromatic rings. The van der Waals surface area contributed by atoms with Gasteiger partial charge in [-0.25, -0.2) is 0 Å². The lowest BCUT2D eigenvalue weighted by Gasteiger charge is -2.24. The van der Waals surface area contributed by atoms with Crippen LogP contribution in [0.15, 0.2) is 47.1 Å². The normalized spacial score (nSPS) is 15.4. The van der Waals surface area contributed by atoms with Crippen molar-refractivity contribution in [1.82, 2.24) is 0 Å². The van der Waals surface area contributed by atoms with Crippen molar-refractivity contribution < 1.29 is 24.0 Å². The third-order valence-electron chi connectivity index (χ3n) is 5.01. The van der Waals surface area contributed by atoms with Crippen LogP contribution in [0.25, 0.3) is 11.0 Å². The number of hydrogen-bond acceptors (Lipinski definition) is 4. The fourth-order valence-electron chi connectivity index (χ4n) is 3.48. The maximum absolute atomic E-state index is 13.0. The molecule has 1 aliphatic heterocycles. The zero-order valence-electron chi connectivity index (χ0n) is 14.7. The van der Waals surface area contributed by atoms with Gasteiger partial charge in [0.05, 0.1) is 24.3 Å². The number of rotatable bonds is 4. The SMILES string of the molecule is Cc1ccc(C(=O)c2coc3ccc(O)c(C[NH+]4CCOCC4)c23)cc1. The summed E-state index contributed by atoms with van der Waals surface area (Å²) in [6.07, 6.45) is 1.50. The lowest BCUT2D eigenvalue weighted by Crippen LogP contribution is -3.12. The first kappa shape index (κ1) is 16.8. The number of carbonyl (C=O) groups excluding carboxylic acids is 1. The summed E-state index contributed by atoms with van der Waals surface area (Å²) in [6.45, 7) is 5.83. The van der Waals surface area contributed by atoms with E-state index in [1.54, 1.807) is 12.1 Å². The molecule has 0 saturated carbocycles. The monoisotopic (exact) mass is 352 g/mol. The molecule has 134 valence electrons. The van der Waals surface area contributed by atoms with Crippen LogP contribution in [0.5, 0.6) is 5.75 Å². The van der Waals surface area contributed by atoms with E-state index >= 15 is 0 Å². The minimum atomic E-state index is -0.0902. The molecule has 26 heavy (non-hydrogen) atoms. The highest BCUT2D eigenvalue weighted by molar-refractivity contribution is 6.16. The van der Waals surface area contributed by atoms with Gasteiger partial charge in [-0.05, 0) is 19.1 Å². The number of nitrogens with one attached hydrogen (secondary N) is 1. The first-order valence-corrected chi connectivity index (χ1v) is 8.88. The summed E-state index contributed by atoms with van der Waals surface area (Å²) in [5.74, 6) is 0.114. The molecule has 2 aromatic carbocycles. The van der Waals surface area contributed by atoms with Gasteiger partial charge in [0.25, 0.3) is 0 Å². The van der Waals surface area contributed by atoms with E-state index in [1.807, 2.05) is 31.2 Å². The van der Waals surface area contributed by atoms with E-state index in [4.69, 9.17) is 9.15 Å². The Balaban J connectivity index is 1.76. The van der Waals surface area contributed by atoms with Crippen LogP contribution in [-0.4, -0.2) is 37.2 Å². The summed E-state index contributed by atoms with van der Waals surface area (Å²) >= 11 is 0. The molecule has 1 aliphatic rings. The molecule has 0 unspecified atom stereocenters. The van der Waals surface area contributed by atoms with Crippen molar-refractivity contribution in [2.24, 2.45) is 0 Å². The molecule has 1 saturated heterocycles. The Morgan fingerprint density at radius 3 is 2.58 bits per heavy atom. The second-order valence-corrected chi connectivity index (χ2v) is 6.82. The van der Waals surface area contributed by atoms with Crippen LogP contribution in [0.3, 0.4) is 0 Å². The molecular formula is C21H22NO4+. The van der Waals surface area contributed by atoms with Crippen molar-refractivity contribution in [2.75, 3.05) is 26.3 Å². The van der Waals surface area contributed by atoms with Gasteiger partial charge in [-0.2, -0.15) is 0 Å². The molecule has 0 aliphatic carbocycles. The summed E-state index contributed by atoms with van der Waals surface area (Å²) < 4.78 is 11.0. The molecule has 2 heterocycles. The third-order valence-corrected chi connectivity index (χ3v) is 5.01. The summed E-state index contributed by atoms with van der Waals surface area (Å²) in [6, 6.07) is 10.9. The predicted octanol–water partition coefficient (Wildman–Crippen LogP) is 2.09. The summed E-state index contributed by atoms with van der Waals surface area (Å²) in [5.41, 5.74) is 3.62. The van der Waals surface area contributed by atoms with Gasteiger partial charge in [0.1, 0.15) is 37.2 Å². The molecule has 5 heteroatoms. The van der Waals surface area contributed by atoms with Crippen LogP contribution in [0.4, 0.5) is 0 Å². The topological polar surface area (TPSA) is 64.1 Å². The van der Waals surface area contributed by atoms with Crippen LogP contribution in [0, 0.1) is 6.92 Å². The molecule has 4 rings (SSSR count). The van der Waals surface area contributed by atoms with Crippen molar-refractivity contribution in [3.63, 3.8) is 0 Å². The number of ether oxygens (including phenoxy) is 1. The molecule has 5 nitrogen and oxygen atoms in total. The Morgan fingerprint density at radius 1 is 1.12 bits per heavy atom. The summed E-state index contributed by atoms with van der Waals surface area (Å²) in [5, 5.41) is 11.2. The summed E-state index contributed by atoms with van der Waals surface area (Å²) in [4.78, 5) is 14.3. The third kappa shape index (κ3) is 3.11. The van der Waals surface area contributed by atoms with Gasteiger partial charge >= 0.3 is 0 Å². The van der Waals surface area contributed by atoms with Crippen LogP contribution in [-0.2, 0) is 11.3 Å². The van der Waals surface area contributed by atoms with Crippen molar-refractivity contribution in [3.8, 4) is 5.75 Å². The Bertz CT molecular complexity index is 937. The highest BCUT2D eigenvalue weighted by atomic mass is 16.5. The van der Waals surface area contributed by atoms with E-state index < -0.39 is 0 Å². The molecule has 0 radical (unpaired) electrons. The van der Waals surface area contributed by atoms with Gasteiger partial charge in [-0.1, -0.05) is 29.8 Å². The first-order chi connectivity index (χ1) is 12.6. The Morgan fingerprint density at radius 2 is 1.85 bits per heavy atom. The molecule has 0 atom stereocenters. The number of aromatic hydroxyl groups is 1. The lowest BCUT2D eigenvalue weighted by molar-refractivity contribution is -0.921. The quantitative estimate of drug-likeness (QED) is 0.706. The average molecular weight is 352 g/mol. The minimum absolute atomic E-state index is 0.0902. The van der Waals surface area contributed by atoms with Gasteiger partial charge in [0.2, 0.25) is 0 Å². The number of carbonyl (C=O) groups is 1. The number of hydrogen-bond donors (Lipinski definition) is 2. The summed E-state index contributed by atoms with van der Waals surface area (Å²) in [7, 11) is 0. The van der Waals surface area contributed by atoms with Crippen LogP contribution in [0.2, 0.25) is 0 Å². The largest absolute Gasteiger partial charge is 0.507 e. The van der Waals surface area contributed by atoms with Gasteiger partial charge < -0.3 is 19.2 Å². The number of quaternary nitrogens is 1. The lowest BCUT2D eigenvalue weighted by atomic mass is 9.98. The maximum Gasteiger partial charge on any atom is 0.196 e. The fraction of sp³-hybridized carbons (Fsp3) is 0.286.